The number of esters is 1. The lowest BCUT2D eigenvalue weighted by Crippen LogP contribution is -2.43. The minimum atomic E-state index is -3.14. The molecular weight excluding hydrogens is 374 g/mol. The number of likely N-dealkylation sites (N-methyl/N-ethyl adjacent to an activating group) is 1. The molecule has 2 heterocycles. The molecule has 8 nitrogen and oxygen atoms in total. The van der Waals surface area contributed by atoms with Crippen LogP contribution in [0.4, 0.5) is 0 Å². The molecular formula is C18H19NO7S. The van der Waals surface area contributed by atoms with Crippen molar-refractivity contribution in [2.75, 3.05) is 24.7 Å². The second-order valence-corrected chi connectivity index (χ2v) is 8.53. The van der Waals surface area contributed by atoms with Crippen LogP contribution in [0.2, 0.25) is 0 Å². The summed E-state index contributed by atoms with van der Waals surface area (Å²) in [5, 5.41) is 0.557. The van der Waals surface area contributed by atoms with Gasteiger partial charge in [0.05, 0.1) is 11.5 Å². The summed E-state index contributed by atoms with van der Waals surface area (Å²) in [4.78, 5) is 37.9. The number of carbonyl (C=O) groups is 2. The average molecular weight is 393 g/mol. The lowest BCUT2D eigenvalue weighted by molar-refractivity contribution is -0.136. The van der Waals surface area contributed by atoms with E-state index in [2.05, 4.69) is 0 Å². The zero-order valence-electron chi connectivity index (χ0n) is 14.7. The van der Waals surface area contributed by atoms with Crippen molar-refractivity contribution in [1.82, 2.24) is 4.90 Å². The zero-order valence-corrected chi connectivity index (χ0v) is 15.5. The largest absolute Gasteiger partial charge is 0.452 e. The van der Waals surface area contributed by atoms with Crippen LogP contribution < -0.4 is 5.63 Å². The molecule has 0 radical (unpaired) electrons. The molecule has 3 rings (SSSR count). The van der Waals surface area contributed by atoms with E-state index in [1.807, 2.05) is 0 Å². The van der Waals surface area contributed by atoms with Gasteiger partial charge in [0.25, 0.3) is 5.91 Å². The van der Waals surface area contributed by atoms with Crippen LogP contribution >= 0.6 is 0 Å². The van der Waals surface area contributed by atoms with E-state index < -0.39 is 40.0 Å². The molecule has 1 amide bonds. The quantitative estimate of drug-likeness (QED) is 0.550. The van der Waals surface area contributed by atoms with Gasteiger partial charge in [-0.2, -0.15) is 0 Å². The third-order valence-corrected chi connectivity index (χ3v) is 6.25. The highest BCUT2D eigenvalue weighted by atomic mass is 32.2. The molecule has 9 heteroatoms. The Bertz CT molecular complexity index is 1040. The average Bonchev–Trinajstić information content (AvgIpc) is 2.99. The van der Waals surface area contributed by atoms with Gasteiger partial charge in [-0.3, -0.25) is 4.79 Å². The lowest BCUT2D eigenvalue weighted by atomic mass is 10.2. The molecule has 1 fully saturated rings. The van der Waals surface area contributed by atoms with Crippen molar-refractivity contribution in [2.45, 2.75) is 19.4 Å². The first-order chi connectivity index (χ1) is 12.8. The Morgan fingerprint density at radius 1 is 1.30 bits per heavy atom. The molecule has 2 aromatic rings. The zero-order chi connectivity index (χ0) is 19.6. The lowest BCUT2D eigenvalue weighted by Gasteiger charge is -2.26. The Hall–Kier alpha value is -2.68. The molecule has 27 heavy (non-hydrogen) atoms. The van der Waals surface area contributed by atoms with Crippen LogP contribution in [0.25, 0.3) is 11.0 Å². The van der Waals surface area contributed by atoms with Crippen molar-refractivity contribution in [3.05, 3.63) is 46.3 Å². The number of hydrogen-bond acceptors (Lipinski definition) is 7. The van der Waals surface area contributed by atoms with Gasteiger partial charge in [-0.1, -0.05) is 18.2 Å². The van der Waals surface area contributed by atoms with E-state index in [1.54, 1.807) is 31.2 Å². The summed E-state index contributed by atoms with van der Waals surface area (Å²) in [7, 11) is -3.14. The molecule has 0 bridgehead atoms. The Kier molecular flexibility index (Phi) is 5.31. The third-order valence-electron chi connectivity index (χ3n) is 4.50. The topological polar surface area (TPSA) is 111 Å². The monoisotopic (exact) mass is 393 g/mol. The fourth-order valence-corrected chi connectivity index (χ4v) is 4.88. The minimum absolute atomic E-state index is 0.0410. The summed E-state index contributed by atoms with van der Waals surface area (Å²) in [5.41, 5.74) is -0.803. The first-order valence-corrected chi connectivity index (χ1v) is 10.3. The molecule has 1 saturated heterocycles. The smallest absolute Gasteiger partial charge is 0.351 e. The van der Waals surface area contributed by atoms with Gasteiger partial charge < -0.3 is 14.1 Å². The summed E-state index contributed by atoms with van der Waals surface area (Å²) in [5.74, 6) is -1.51. The predicted octanol–water partition coefficient (Wildman–Crippen LogP) is 0.985. The molecule has 144 valence electrons. The van der Waals surface area contributed by atoms with Crippen LogP contribution in [-0.2, 0) is 19.4 Å². The molecule has 0 aliphatic carbocycles. The van der Waals surface area contributed by atoms with E-state index >= 15 is 0 Å². The molecule has 1 unspecified atom stereocenters. The molecule has 0 saturated carbocycles. The van der Waals surface area contributed by atoms with Gasteiger partial charge in [-0.05, 0) is 25.5 Å². The molecule has 1 aliphatic rings. The van der Waals surface area contributed by atoms with Crippen LogP contribution in [0, 0.1) is 0 Å². The van der Waals surface area contributed by atoms with E-state index in [1.165, 1.54) is 11.0 Å². The fraction of sp³-hybridized carbons (Fsp3) is 0.389. The summed E-state index contributed by atoms with van der Waals surface area (Å²) in [6, 6.07) is 7.65. The van der Waals surface area contributed by atoms with Gasteiger partial charge in [-0.15, -0.1) is 0 Å². The van der Waals surface area contributed by atoms with Crippen LogP contribution in [0.1, 0.15) is 23.7 Å². The molecule has 1 atom stereocenters. The van der Waals surface area contributed by atoms with Crippen molar-refractivity contribution >= 4 is 32.7 Å². The number of hydrogen-bond donors (Lipinski definition) is 0. The number of benzene rings is 1. The normalized spacial score (nSPS) is 18.3. The summed E-state index contributed by atoms with van der Waals surface area (Å²) in [6.07, 6.45) is 0.365. The van der Waals surface area contributed by atoms with Gasteiger partial charge in [-0.25, -0.2) is 18.0 Å². The predicted molar refractivity (Wildman–Crippen MR) is 97.2 cm³/mol. The molecule has 1 aliphatic heterocycles. The number of carbonyl (C=O) groups excluding carboxylic acids is 2. The number of rotatable bonds is 5. The first-order valence-electron chi connectivity index (χ1n) is 8.50. The third kappa shape index (κ3) is 4.19. The maximum Gasteiger partial charge on any atom is 0.351 e. The van der Waals surface area contributed by atoms with E-state index in [-0.39, 0.29) is 17.1 Å². The molecule has 0 spiro atoms. The second-order valence-electron chi connectivity index (χ2n) is 6.30. The Morgan fingerprint density at radius 2 is 2.04 bits per heavy atom. The van der Waals surface area contributed by atoms with E-state index in [0.717, 1.165) is 0 Å². The van der Waals surface area contributed by atoms with Crippen LogP contribution in [0.15, 0.2) is 39.5 Å². The summed E-state index contributed by atoms with van der Waals surface area (Å²) in [6.45, 7) is 1.45. The maximum absolute atomic E-state index is 12.4. The van der Waals surface area contributed by atoms with E-state index in [0.29, 0.717) is 23.9 Å². The van der Waals surface area contributed by atoms with Crippen molar-refractivity contribution in [2.24, 2.45) is 0 Å². The number of sulfone groups is 1. The molecule has 1 aromatic heterocycles. The summed E-state index contributed by atoms with van der Waals surface area (Å²) >= 11 is 0. The Morgan fingerprint density at radius 3 is 2.70 bits per heavy atom. The van der Waals surface area contributed by atoms with Gasteiger partial charge >= 0.3 is 11.6 Å². The van der Waals surface area contributed by atoms with Crippen LogP contribution in [-0.4, -0.2) is 55.9 Å². The number of fused-ring (bicyclic) bond motifs is 1. The number of para-hydroxylation sites is 1. The Labute approximate surface area is 155 Å². The van der Waals surface area contributed by atoms with Crippen molar-refractivity contribution in [3.63, 3.8) is 0 Å². The standard InChI is InChI=1S/C18H19NO7S/c1-2-19(13-7-8-27(23,24)11-13)16(20)10-25-17(21)14-9-12-5-3-4-6-15(12)26-18(14)22/h3-6,9,13H,2,7-8,10-11H2,1H3. The fourth-order valence-electron chi connectivity index (χ4n) is 3.15. The van der Waals surface area contributed by atoms with E-state index in [9.17, 15) is 22.8 Å². The van der Waals surface area contributed by atoms with Crippen LogP contribution in [0.3, 0.4) is 0 Å². The SMILES string of the molecule is CCN(C(=O)COC(=O)c1cc2ccccc2oc1=O)C1CCS(=O)(=O)C1. The molecule has 1 aromatic carbocycles. The number of ether oxygens (including phenoxy) is 1. The van der Waals surface area contributed by atoms with E-state index in [4.69, 9.17) is 9.15 Å². The van der Waals surface area contributed by atoms with Gasteiger partial charge in [0.2, 0.25) is 0 Å². The highest BCUT2D eigenvalue weighted by molar-refractivity contribution is 7.91. The van der Waals surface area contributed by atoms with Crippen molar-refractivity contribution in [1.29, 1.82) is 0 Å². The maximum atomic E-state index is 12.4. The second kappa shape index (κ2) is 7.51. The van der Waals surface area contributed by atoms with Crippen molar-refractivity contribution < 1.29 is 27.2 Å². The molecule has 0 N–H and O–H groups in total. The Balaban J connectivity index is 1.69. The first kappa shape index (κ1) is 19.1. The number of nitrogens with zero attached hydrogens (tertiary/aromatic N) is 1. The minimum Gasteiger partial charge on any atom is -0.452 e. The van der Waals surface area contributed by atoms with Gasteiger partial charge in [0.15, 0.2) is 16.4 Å². The number of amides is 1. The van der Waals surface area contributed by atoms with Gasteiger partial charge in [0, 0.05) is 18.0 Å². The highest BCUT2D eigenvalue weighted by Gasteiger charge is 2.34. The van der Waals surface area contributed by atoms with Gasteiger partial charge in [0.1, 0.15) is 11.1 Å². The van der Waals surface area contributed by atoms with Crippen LogP contribution in [0.5, 0.6) is 0 Å². The highest BCUT2D eigenvalue weighted by Crippen LogP contribution is 2.18. The van der Waals surface area contributed by atoms with Crippen molar-refractivity contribution in [3.8, 4) is 0 Å². The summed E-state index contributed by atoms with van der Waals surface area (Å²) < 4.78 is 33.3.